The fourth-order valence-electron chi connectivity index (χ4n) is 4.91. The smallest absolute Gasteiger partial charge is 0.225 e. The monoisotopic (exact) mass is 409 g/mol. The molecule has 0 bridgehead atoms. The summed E-state index contributed by atoms with van der Waals surface area (Å²) in [5.41, 5.74) is 4.56. The minimum Gasteiger partial charge on any atom is -0.388 e. The lowest BCUT2D eigenvalue weighted by molar-refractivity contribution is -0.137. The molecule has 0 aliphatic carbocycles. The summed E-state index contributed by atoms with van der Waals surface area (Å²) in [7, 11) is 2.14. The average Bonchev–Trinajstić information content (AvgIpc) is 2.90. The molecule has 166 valence electrons. The zero-order valence-electron chi connectivity index (χ0n) is 18.0. The van der Waals surface area contributed by atoms with Crippen molar-refractivity contribution in [2.75, 3.05) is 72.5 Å². The first-order valence-corrected chi connectivity index (χ1v) is 11.3. The van der Waals surface area contributed by atoms with Crippen molar-refractivity contribution in [3.05, 3.63) is 0 Å². The third-order valence-electron chi connectivity index (χ3n) is 6.95. The van der Waals surface area contributed by atoms with Crippen molar-refractivity contribution in [3.63, 3.8) is 0 Å². The molecule has 0 radical (unpaired) electrons. The highest BCUT2D eigenvalue weighted by molar-refractivity contribution is 5.79. The van der Waals surface area contributed by atoms with Crippen molar-refractivity contribution in [1.82, 2.24) is 19.6 Å². The average molecular weight is 410 g/mol. The van der Waals surface area contributed by atoms with E-state index in [9.17, 15) is 14.7 Å². The van der Waals surface area contributed by atoms with Gasteiger partial charge in [0.25, 0.3) is 0 Å². The van der Waals surface area contributed by atoms with Crippen molar-refractivity contribution in [2.45, 2.75) is 44.1 Å². The van der Waals surface area contributed by atoms with Gasteiger partial charge in [0, 0.05) is 64.7 Å². The van der Waals surface area contributed by atoms with Gasteiger partial charge in [0.15, 0.2) is 0 Å². The Kier molecular flexibility index (Phi) is 7.90. The Morgan fingerprint density at radius 2 is 1.66 bits per heavy atom. The number of likely N-dealkylation sites (tertiary alicyclic amines) is 2. The number of piperidine rings is 1. The van der Waals surface area contributed by atoms with Crippen LogP contribution in [0.2, 0.25) is 0 Å². The van der Waals surface area contributed by atoms with Crippen LogP contribution in [0.15, 0.2) is 0 Å². The van der Waals surface area contributed by atoms with Gasteiger partial charge in [-0.15, -0.1) is 0 Å². The quantitative estimate of drug-likeness (QED) is 0.618. The molecule has 3 heterocycles. The Hall–Kier alpha value is -1.22. The van der Waals surface area contributed by atoms with Gasteiger partial charge in [-0.2, -0.15) is 0 Å². The van der Waals surface area contributed by atoms with Crippen molar-refractivity contribution >= 4 is 11.8 Å². The molecule has 3 aliphatic heterocycles. The molecule has 3 N–H and O–H groups in total. The van der Waals surface area contributed by atoms with Crippen LogP contribution in [0.1, 0.15) is 38.5 Å². The largest absolute Gasteiger partial charge is 0.388 e. The molecule has 1 atom stereocenters. The molecule has 8 nitrogen and oxygen atoms in total. The molecule has 2 amide bonds. The highest BCUT2D eigenvalue weighted by Gasteiger charge is 2.36. The predicted octanol–water partition coefficient (Wildman–Crippen LogP) is -0.435. The Bertz CT molecular complexity index is 559. The number of hydrogen-bond acceptors (Lipinski definition) is 6. The highest BCUT2D eigenvalue weighted by Crippen LogP contribution is 2.27. The van der Waals surface area contributed by atoms with E-state index >= 15 is 0 Å². The first-order valence-electron chi connectivity index (χ1n) is 11.3. The summed E-state index contributed by atoms with van der Waals surface area (Å²) in [6.45, 7) is 8.66. The van der Waals surface area contributed by atoms with E-state index < -0.39 is 5.60 Å². The van der Waals surface area contributed by atoms with Gasteiger partial charge < -0.3 is 25.5 Å². The Morgan fingerprint density at radius 3 is 2.31 bits per heavy atom. The third kappa shape index (κ3) is 6.64. The lowest BCUT2D eigenvalue weighted by atomic mass is 9.93. The van der Waals surface area contributed by atoms with Gasteiger partial charge in [-0.05, 0) is 52.2 Å². The molecule has 0 aromatic heterocycles. The molecule has 0 spiro atoms. The SMILES string of the molecule is CN1CCN(C[C@@]2(O)CCCN(C(=O)C3CCN(CCC(N)=O)CC3)CC2)CC1. The number of nitrogens with zero attached hydrogens (tertiary/aromatic N) is 4. The number of primary amides is 1. The molecule has 0 aromatic rings. The summed E-state index contributed by atoms with van der Waals surface area (Å²) in [5.74, 6) is 0.0591. The van der Waals surface area contributed by atoms with E-state index in [-0.39, 0.29) is 17.7 Å². The number of carbonyl (C=O) groups excluding carboxylic acids is 2. The van der Waals surface area contributed by atoms with Crippen LogP contribution < -0.4 is 5.73 Å². The number of hydrogen-bond donors (Lipinski definition) is 2. The normalized spacial score (nSPS) is 29.0. The molecule has 3 aliphatic rings. The second-order valence-electron chi connectivity index (χ2n) is 9.31. The van der Waals surface area contributed by atoms with E-state index in [1.807, 2.05) is 4.90 Å². The summed E-state index contributed by atoms with van der Waals surface area (Å²) < 4.78 is 0. The lowest BCUT2D eigenvalue weighted by Crippen LogP contribution is -2.51. The molecule has 0 aromatic carbocycles. The Labute approximate surface area is 175 Å². The fourth-order valence-corrected chi connectivity index (χ4v) is 4.91. The van der Waals surface area contributed by atoms with Gasteiger partial charge in [0.05, 0.1) is 5.60 Å². The van der Waals surface area contributed by atoms with Crippen molar-refractivity contribution in [2.24, 2.45) is 11.7 Å². The molecular weight excluding hydrogens is 370 g/mol. The third-order valence-corrected chi connectivity index (χ3v) is 6.95. The number of aliphatic hydroxyl groups is 1. The molecule has 0 saturated carbocycles. The second-order valence-corrected chi connectivity index (χ2v) is 9.31. The summed E-state index contributed by atoms with van der Waals surface area (Å²) in [4.78, 5) is 32.9. The zero-order valence-corrected chi connectivity index (χ0v) is 18.0. The maximum absolute atomic E-state index is 13.1. The summed E-state index contributed by atoms with van der Waals surface area (Å²) in [6, 6.07) is 0. The minimum absolute atomic E-state index is 0.0728. The number of piperazine rings is 1. The van der Waals surface area contributed by atoms with Crippen LogP contribution in [0.3, 0.4) is 0 Å². The number of rotatable bonds is 6. The van der Waals surface area contributed by atoms with Gasteiger partial charge in [-0.3, -0.25) is 14.5 Å². The van der Waals surface area contributed by atoms with E-state index in [1.165, 1.54) is 0 Å². The number of nitrogens with two attached hydrogens (primary N) is 1. The van der Waals surface area contributed by atoms with Gasteiger partial charge in [0.1, 0.15) is 0 Å². The summed E-state index contributed by atoms with van der Waals surface area (Å²) in [5, 5.41) is 11.2. The number of carbonyl (C=O) groups is 2. The topological polar surface area (TPSA) is 93.3 Å². The molecule has 29 heavy (non-hydrogen) atoms. The van der Waals surface area contributed by atoms with Crippen molar-refractivity contribution in [3.8, 4) is 0 Å². The minimum atomic E-state index is -0.678. The van der Waals surface area contributed by atoms with Crippen LogP contribution in [0.4, 0.5) is 0 Å². The van der Waals surface area contributed by atoms with Gasteiger partial charge in [-0.1, -0.05) is 0 Å². The van der Waals surface area contributed by atoms with E-state index in [4.69, 9.17) is 5.73 Å². The Morgan fingerprint density at radius 1 is 0.966 bits per heavy atom. The first-order chi connectivity index (χ1) is 13.8. The van der Waals surface area contributed by atoms with Gasteiger partial charge in [-0.25, -0.2) is 0 Å². The van der Waals surface area contributed by atoms with Crippen molar-refractivity contribution < 1.29 is 14.7 Å². The fraction of sp³-hybridized carbons (Fsp3) is 0.905. The maximum atomic E-state index is 13.1. The number of amides is 2. The van der Waals surface area contributed by atoms with E-state index in [1.54, 1.807) is 0 Å². The van der Waals surface area contributed by atoms with E-state index in [0.29, 0.717) is 25.9 Å². The highest BCUT2D eigenvalue weighted by atomic mass is 16.3. The molecular formula is C21H39N5O3. The van der Waals surface area contributed by atoms with Crippen LogP contribution >= 0.6 is 0 Å². The van der Waals surface area contributed by atoms with Crippen LogP contribution in [0.5, 0.6) is 0 Å². The standard InChI is InChI=1S/C21H39N5O3/c1-23-13-15-25(16-14-23)17-21(29)6-2-8-26(12-7-21)20(28)18-3-9-24(10-4-18)11-5-19(22)27/h18,29H,2-17H2,1H3,(H2,22,27)/t21-/m1/s1. The molecule has 3 saturated heterocycles. The van der Waals surface area contributed by atoms with Gasteiger partial charge >= 0.3 is 0 Å². The van der Waals surface area contributed by atoms with Gasteiger partial charge in [0.2, 0.25) is 11.8 Å². The van der Waals surface area contributed by atoms with E-state index in [0.717, 1.165) is 78.0 Å². The predicted molar refractivity (Wildman–Crippen MR) is 112 cm³/mol. The van der Waals surface area contributed by atoms with Crippen LogP contribution in [0.25, 0.3) is 0 Å². The summed E-state index contributed by atoms with van der Waals surface area (Å²) >= 11 is 0. The lowest BCUT2D eigenvalue weighted by Gasteiger charge is -2.38. The van der Waals surface area contributed by atoms with Crippen LogP contribution in [-0.4, -0.2) is 115 Å². The Balaban J connectivity index is 1.44. The molecule has 0 unspecified atom stereocenters. The summed E-state index contributed by atoms with van der Waals surface area (Å²) in [6.07, 6.45) is 4.39. The second kappa shape index (κ2) is 10.2. The number of likely N-dealkylation sites (N-methyl/N-ethyl adjacent to an activating group) is 1. The van der Waals surface area contributed by atoms with Crippen LogP contribution in [0, 0.1) is 5.92 Å². The molecule has 3 rings (SSSR count). The first kappa shape index (κ1) is 22.5. The molecule has 8 heteroatoms. The van der Waals surface area contributed by atoms with Crippen molar-refractivity contribution in [1.29, 1.82) is 0 Å². The van der Waals surface area contributed by atoms with E-state index in [2.05, 4.69) is 21.7 Å². The maximum Gasteiger partial charge on any atom is 0.225 e. The zero-order chi connectivity index (χ0) is 20.9. The van der Waals surface area contributed by atoms with Crippen LogP contribution in [-0.2, 0) is 9.59 Å². The number of β-amino-alcohol motifs (C(OH)–C–C–N with tert-alkyl or cyclic N) is 1. The molecule has 3 fully saturated rings.